The molecule has 0 amide bonds. The third kappa shape index (κ3) is 2.89. The van der Waals surface area contributed by atoms with Crippen LogP contribution in [0.2, 0.25) is 0 Å². The van der Waals surface area contributed by atoms with E-state index < -0.39 is 10.0 Å². The Labute approximate surface area is 123 Å². The monoisotopic (exact) mass is 307 g/mol. The highest BCUT2D eigenvalue weighted by atomic mass is 32.2. The van der Waals surface area contributed by atoms with Crippen molar-refractivity contribution in [2.45, 2.75) is 18.5 Å². The molecule has 0 aliphatic rings. The first-order valence-electron chi connectivity index (χ1n) is 6.31. The molecule has 3 N–H and O–H groups in total. The van der Waals surface area contributed by atoms with Gasteiger partial charge < -0.3 is 10.3 Å². The Morgan fingerprint density at radius 3 is 2.48 bits per heavy atom. The van der Waals surface area contributed by atoms with Gasteiger partial charge in [0.2, 0.25) is 0 Å². The van der Waals surface area contributed by atoms with Crippen LogP contribution in [0.5, 0.6) is 0 Å². The molecule has 0 unspecified atom stereocenters. The number of anilines is 1. The molecule has 0 bridgehead atoms. The number of nitrogens with zero attached hydrogens (tertiary/aromatic N) is 3. The summed E-state index contributed by atoms with van der Waals surface area (Å²) in [6.45, 7) is 2.56. The van der Waals surface area contributed by atoms with Gasteiger partial charge in [-0.3, -0.25) is 9.71 Å². The number of aryl methyl sites for hydroxylation is 1. The number of hydrogen-bond acceptors (Lipinski definition) is 4. The topological polar surface area (TPSA) is 105 Å². The van der Waals surface area contributed by atoms with E-state index in [0.29, 0.717) is 17.8 Å². The highest BCUT2D eigenvalue weighted by Crippen LogP contribution is 2.21. The zero-order valence-corrected chi connectivity index (χ0v) is 12.6. The molecule has 1 heterocycles. The van der Waals surface area contributed by atoms with Gasteiger partial charge in [-0.1, -0.05) is 0 Å². The Hall–Kier alpha value is -2.35. The molecule has 1 aromatic carbocycles. The number of nitrogens with two attached hydrogens (primary N) is 1. The van der Waals surface area contributed by atoms with E-state index in [1.807, 2.05) is 6.92 Å². The van der Waals surface area contributed by atoms with Crippen molar-refractivity contribution in [3.63, 3.8) is 0 Å². The molecule has 0 aliphatic heterocycles. The van der Waals surface area contributed by atoms with Gasteiger partial charge in [-0.05, 0) is 31.2 Å². The largest absolute Gasteiger partial charge is 0.384 e. The maximum absolute atomic E-state index is 12.5. The fourth-order valence-corrected chi connectivity index (χ4v) is 2.90. The van der Waals surface area contributed by atoms with Gasteiger partial charge in [0.25, 0.3) is 10.0 Å². The predicted octanol–water partition coefficient (Wildman–Crippen LogP) is 1.01. The lowest BCUT2D eigenvalue weighted by atomic mass is 10.2. The number of aromatic nitrogens is 2. The summed E-state index contributed by atoms with van der Waals surface area (Å²) in [7, 11) is -2.24. The Bertz CT molecular complexity index is 749. The van der Waals surface area contributed by atoms with Crippen LogP contribution < -0.4 is 10.0 Å². The molecule has 21 heavy (non-hydrogen) atoms. The highest BCUT2D eigenvalue weighted by molar-refractivity contribution is 7.92. The number of benzene rings is 1. The summed E-state index contributed by atoms with van der Waals surface area (Å²) in [6, 6.07) is 6.42. The van der Waals surface area contributed by atoms with Crippen LogP contribution in [0.15, 0.2) is 41.8 Å². The molecule has 0 radical (unpaired) electrons. The summed E-state index contributed by atoms with van der Waals surface area (Å²) < 4.78 is 27.8. The van der Waals surface area contributed by atoms with E-state index in [1.165, 1.54) is 19.6 Å². The van der Waals surface area contributed by atoms with Gasteiger partial charge in [0.15, 0.2) is 5.03 Å². The van der Waals surface area contributed by atoms with E-state index in [2.05, 4.69) is 4.98 Å². The zero-order valence-electron chi connectivity index (χ0n) is 11.8. The number of imidazole rings is 1. The Kier molecular flexibility index (Phi) is 3.99. The Morgan fingerprint density at radius 1 is 1.38 bits per heavy atom. The molecule has 0 fully saturated rings. The first kappa shape index (κ1) is 15.0. The van der Waals surface area contributed by atoms with Crippen LogP contribution in [-0.2, 0) is 16.6 Å². The summed E-state index contributed by atoms with van der Waals surface area (Å²) >= 11 is 0. The van der Waals surface area contributed by atoms with Crippen LogP contribution in [0.25, 0.3) is 0 Å². The van der Waals surface area contributed by atoms with Crippen LogP contribution in [0, 0.1) is 5.41 Å². The van der Waals surface area contributed by atoms with Crippen molar-refractivity contribution in [1.82, 2.24) is 9.55 Å². The number of hydrogen-bond donors (Lipinski definition) is 2. The van der Waals surface area contributed by atoms with Gasteiger partial charge in [0, 0.05) is 25.4 Å². The summed E-state index contributed by atoms with van der Waals surface area (Å²) in [5.41, 5.74) is 6.39. The third-order valence-corrected chi connectivity index (χ3v) is 4.81. The fraction of sp³-hybridized carbons (Fsp3) is 0.231. The van der Waals surface area contributed by atoms with E-state index in [4.69, 9.17) is 11.1 Å². The molecule has 0 saturated heterocycles. The highest BCUT2D eigenvalue weighted by Gasteiger charge is 2.23. The van der Waals surface area contributed by atoms with Crippen LogP contribution >= 0.6 is 0 Å². The lowest BCUT2D eigenvalue weighted by Gasteiger charge is -2.18. The molecular weight excluding hydrogens is 290 g/mol. The molecule has 0 aliphatic carbocycles. The maximum atomic E-state index is 12.5. The predicted molar refractivity (Wildman–Crippen MR) is 80.9 cm³/mol. The minimum atomic E-state index is -3.70. The van der Waals surface area contributed by atoms with E-state index >= 15 is 0 Å². The van der Waals surface area contributed by atoms with Crippen LogP contribution in [0.3, 0.4) is 0 Å². The van der Waals surface area contributed by atoms with Crippen molar-refractivity contribution in [3.05, 3.63) is 42.4 Å². The molecule has 7 nitrogen and oxygen atoms in total. The average molecular weight is 307 g/mol. The number of amidine groups is 1. The first-order chi connectivity index (χ1) is 9.86. The maximum Gasteiger partial charge on any atom is 0.283 e. The minimum Gasteiger partial charge on any atom is -0.384 e. The second-order valence-corrected chi connectivity index (χ2v) is 6.39. The summed E-state index contributed by atoms with van der Waals surface area (Å²) in [5, 5.41) is 7.33. The third-order valence-electron chi connectivity index (χ3n) is 3.14. The lowest BCUT2D eigenvalue weighted by Crippen LogP contribution is -2.27. The fourth-order valence-electron chi connectivity index (χ4n) is 1.78. The van der Waals surface area contributed by atoms with Crippen LogP contribution in [-0.4, -0.2) is 30.9 Å². The van der Waals surface area contributed by atoms with Gasteiger partial charge in [-0.15, -0.1) is 0 Å². The SMILES string of the molecule is CCn1cnc(S(=O)(=O)N(C)c2ccc(C(=N)N)cc2)c1. The molecule has 0 saturated carbocycles. The first-order valence-corrected chi connectivity index (χ1v) is 7.75. The quantitative estimate of drug-likeness (QED) is 0.635. The molecule has 8 heteroatoms. The molecule has 2 rings (SSSR count). The van der Waals surface area contributed by atoms with Crippen molar-refractivity contribution in [3.8, 4) is 0 Å². The average Bonchev–Trinajstić information content (AvgIpc) is 2.96. The molecule has 1 aromatic heterocycles. The normalized spacial score (nSPS) is 11.3. The van der Waals surface area contributed by atoms with E-state index in [9.17, 15) is 8.42 Å². The summed E-state index contributed by atoms with van der Waals surface area (Å²) in [5.74, 6) is -0.0613. The molecule has 112 valence electrons. The lowest BCUT2D eigenvalue weighted by molar-refractivity contribution is 0.591. The van der Waals surface area contributed by atoms with Gasteiger partial charge in [0.05, 0.1) is 12.0 Å². The van der Waals surface area contributed by atoms with Crippen molar-refractivity contribution in [2.24, 2.45) is 5.73 Å². The molecule has 0 spiro atoms. The van der Waals surface area contributed by atoms with E-state index in [-0.39, 0.29) is 10.9 Å². The summed E-state index contributed by atoms with van der Waals surface area (Å²) in [6.07, 6.45) is 2.98. The number of nitrogens with one attached hydrogen (secondary N) is 1. The van der Waals surface area contributed by atoms with Gasteiger partial charge in [0.1, 0.15) is 5.84 Å². The van der Waals surface area contributed by atoms with E-state index in [1.54, 1.807) is 28.8 Å². The van der Waals surface area contributed by atoms with Crippen molar-refractivity contribution in [2.75, 3.05) is 11.4 Å². The van der Waals surface area contributed by atoms with E-state index in [0.717, 1.165) is 4.31 Å². The van der Waals surface area contributed by atoms with Crippen molar-refractivity contribution >= 4 is 21.5 Å². The van der Waals surface area contributed by atoms with Crippen molar-refractivity contribution in [1.29, 1.82) is 5.41 Å². The van der Waals surface area contributed by atoms with Crippen LogP contribution in [0.4, 0.5) is 5.69 Å². The van der Waals surface area contributed by atoms with Crippen LogP contribution in [0.1, 0.15) is 12.5 Å². The smallest absolute Gasteiger partial charge is 0.283 e. The standard InChI is InChI=1S/C13H17N5O2S/c1-3-18-8-12(16-9-18)21(19,20)17(2)11-6-4-10(5-7-11)13(14)15/h4-9H,3H2,1-2H3,(H3,14,15). The second-order valence-electron chi connectivity index (χ2n) is 4.48. The molecular formula is C13H17N5O2S. The molecule has 2 aromatic rings. The minimum absolute atomic E-state index is 0.00231. The second kappa shape index (κ2) is 5.57. The number of sulfonamides is 1. The van der Waals surface area contributed by atoms with Gasteiger partial charge in [-0.2, -0.15) is 8.42 Å². The van der Waals surface area contributed by atoms with Crippen molar-refractivity contribution < 1.29 is 8.42 Å². The van der Waals surface area contributed by atoms with Gasteiger partial charge >= 0.3 is 0 Å². The molecule has 0 atom stereocenters. The Balaban J connectivity index is 2.33. The number of nitrogen functional groups attached to an aromatic ring is 1. The zero-order chi connectivity index (χ0) is 15.6. The summed E-state index contributed by atoms with van der Waals surface area (Å²) in [4.78, 5) is 3.93. The Morgan fingerprint density at radius 2 is 2.00 bits per heavy atom. The van der Waals surface area contributed by atoms with Gasteiger partial charge in [-0.25, -0.2) is 4.98 Å². The number of rotatable bonds is 5.